The zero-order valence-corrected chi connectivity index (χ0v) is 18.0. The van der Waals surface area contributed by atoms with Crippen LogP contribution in [0.2, 0.25) is 10.0 Å². The number of hydrogen-bond donors (Lipinski definition) is 2. The maximum absolute atomic E-state index is 12.1. The Labute approximate surface area is 192 Å². The largest absolute Gasteiger partial charge is 0.493 e. The number of azo groups is 1. The summed E-state index contributed by atoms with van der Waals surface area (Å²) >= 11 is 12.1. The van der Waals surface area contributed by atoms with Crippen molar-refractivity contribution < 1.29 is 19.1 Å². The first-order chi connectivity index (χ1) is 15.4. The zero-order valence-electron chi connectivity index (χ0n) is 16.5. The Balaban J connectivity index is 1.56. The summed E-state index contributed by atoms with van der Waals surface area (Å²) < 4.78 is 6.59. The van der Waals surface area contributed by atoms with Gasteiger partial charge in [0.25, 0.3) is 11.8 Å². The number of aromatic nitrogens is 1. The molecule has 162 valence electrons. The van der Waals surface area contributed by atoms with Crippen molar-refractivity contribution in [3.63, 3.8) is 0 Å². The van der Waals surface area contributed by atoms with Crippen molar-refractivity contribution in [2.75, 3.05) is 6.54 Å². The highest BCUT2D eigenvalue weighted by Crippen LogP contribution is 2.39. The van der Waals surface area contributed by atoms with Gasteiger partial charge < -0.3 is 19.4 Å². The lowest BCUT2D eigenvalue weighted by molar-refractivity contribution is -0.117. The van der Waals surface area contributed by atoms with Crippen LogP contribution >= 0.6 is 23.2 Å². The molecule has 0 fully saturated rings. The van der Waals surface area contributed by atoms with Crippen LogP contribution in [0.1, 0.15) is 16.1 Å². The fraction of sp³-hybridized carbons (Fsp3) is 0.0909. The van der Waals surface area contributed by atoms with Crippen molar-refractivity contribution in [3.05, 3.63) is 82.2 Å². The number of hydrogen-bond acceptors (Lipinski definition) is 5. The summed E-state index contributed by atoms with van der Waals surface area (Å²) in [7, 11) is 0. The molecule has 2 amide bonds. The molecule has 8 nitrogen and oxygen atoms in total. The lowest BCUT2D eigenvalue weighted by Gasteiger charge is -2.08. The fourth-order valence-electron chi connectivity index (χ4n) is 3.14. The molecule has 4 aromatic rings. The molecule has 0 saturated heterocycles. The van der Waals surface area contributed by atoms with Crippen LogP contribution in [0.4, 0.5) is 5.69 Å². The number of benzene rings is 2. The molecule has 0 saturated carbocycles. The van der Waals surface area contributed by atoms with Gasteiger partial charge in [-0.25, -0.2) is 0 Å². The van der Waals surface area contributed by atoms with E-state index in [4.69, 9.17) is 27.6 Å². The molecule has 2 aromatic heterocycles. The van der Waals surface area contributed by atoms with Crippen LogP contribution in [0, 0.1) is 0 Å². The minimum absolute atomic E-state index is 0.0813. The molecule has 0 aliphatic rings. The van der Waals surface area contributed by atoms with Gasteiger partial charge in [0.1, 0.15) is 6.54 Å². The number of amides is 2. The van der Waals surface area contributed by atoms with E-state index >= 15 is 0 Å². The van der Waals surface area contributed by atoms with Gasteiger partial charge in [0, 0.05) is 5.39 Å². The van der Waals surface area contributed by atoms with Crippen LogP contribution in [0.15, 0.2) is 75.5 Å². The third-order valence-electron chi connectivity index (χ3n) is 4.65. The van der Waals surface area contributed by atoms with Gasteiger partial charge in [-0.3, -0.25) is 9.59 Å². The smallest absolute Gasteiger partial charge is 0.287 e. The molecule has 0 spiro atoms. The van der Waals surface area contributed by atoms with E-state index in [1.165, 1.54) is 12.3 Å². The maximum Gasteiger partial charge on any atom is 0.287 e. The quantitative estimate of drug-likeness (QED) is 0.370. The minimum atomic E-state index is -0.689. The summed E-state index contributed by atoms with van der Waals surface area (Å²) in [6.07, 6.45) is 1.35. The van der Waals surface area contributed by atoms with E-state index in [0.717, 1.165) is 5.56 Å². The predicted octanol–water partition coefficient (Wildman–Crippen LogP) is 5.34. The van der Waals surface area contributed by atoms with Crippen molar-refractivity contribution >= 4 is 51.6 Å². The molecule has 0 radical (unpaired) electrons. The normalized spacial score (nSPS) is 11.3. The van der Waals surface area contributed by atoms with Gasteiger partial charge in [0.15, 0.2) is 11.4 Å². The lowest BCUT2D eigenvalue weighted by Crippen LogP contribution is -2.28. The molecule has 2 N–H and O–H groups in total. The Morgan fingerprint density at radius 1 is 1.06 bits per heavy atom. The highest BCUT2D eigenvalue weighted by molar-refractivity contribution is 6.42. The van der Waals surface area contributed by atoms with E-state index in [2.05, 4.69) is 15.5 Å². The number of carbonyl (C=O) groups is 2. The van der Waals surface area contributed by atoms with Crippen molar-refractivity contribution in [3.8, 4) is 5.88 Å². The van der Waals surface area contributed by atoms with Crippen molar-refractivity contribution in [2.45, 2.75) is 6.54 Å². The number of nitrogens with zero attached hydrogens (tertiary/aromatic N) is 3. The third kappa shape index (κ3) is 4.51. The molecule has 2 heterocycles. The molecule has 2 aromatic carbocycles. The standard InChI is InChI=1S/C22H16Cl2N4O4/c23-15-8-7-13(10-16(15)24)12-28-17-5-2-1-4-14(17)20(22(28)31)27-26-19(29)11-25-21(30)18-6-3-9-32-18/h1-10,31H,11-12H2,(H,25,30). The van der Waals surface area contributed by atoms with Gasteiger partial charge in [0.2, 0.25) is 5.88 Å². The number of rotatable bonds is 6. The summed E-state index contributed by atoms with van der Waals surface area (Å²) in [4.78, 5) is 23.9. The third-order valence-corrected chi connectivity index (χ3v) is 5.39. The van der Waals surface area contributed by atoms with Crippen molar-refractivity contribution in [1.29, 1.82) is 0 Å². The summed E-state index contributed by atoms with van der Waals surface area (Å²) in [5, 5.41) is 22.2. The lowest BCUT2D eigenvalue weighted by atomic mass is 10.2. The molecular weight excluding hydrogens is 455 g/mol. The van der Waals surface area contributed by atoms with E-state index in [1.807, 2.05) is 12.1 Å². The summed E-state index contributed by atoms with van der Waals surface area (Å²) in [5.74, 6) is -1.31. The van der Waals surface area contributed by atoms with Crippen LogP contribution in [0.5, 0.6) is 5.88 Å². The number of nitrogens with one attached hydrogen (secondary N) is 1. The van der Waals surface area contributed by atoms with Crippen LogP contribution in [0.3, 0.4) is 0 Å². The number of furan rings is 1. The number of fused-ring (bicyclic) bond motifs is 1. The van der Waals surface area contributed by atoms with Crippen molar-refractivity contribution in [1.82, 2.24) is 9.88 Å². The first kappa shape index (κ1) is 21.6. The van der Waals surface area contributed by atoms with Gasteiger partial charge in [-0.1, -0.05) is 47.5 Å². The van der Waals surface area contributed by atoms with Crippen LogP contribution < -0.4 is 5.32 Å². The molecule has 32 heavy (non-hydrogen) atoms. The van der Waals surface area contributed by atoms with E-state index in [9.17, 15) is 14.7 Å². The molecule has 0 bridgehead atoms. The van der Waals surface area contributed by atoms with Crippen LogP contribution in [-0.2, 0) is 11.3 Å². The van der Waals surface area contributed by atoms with E-state index in [-0.39, 0.29) is 23.9 Å². The maximum atomic E-state index is 12.1. The Morgan fingerprint density at radius 2 is 1.88 bits per heavy atom. The summed E-state index contributed by atoms with van der Waals surface area (Å²) in [6.45, 7) is -0.0718. The topological polar surface area (TPSA) is 109 Å². The minimum Gasteiger partial charge on any atom is -0.493 e. The first-order valence-corrected chi connectivity index (χ1v) is 10.2. The number of halogens is 2. The highest BCUT2D eigenvalue weighted by Gasteiger charge is 2.17. The zero-order chi connectivity index (χ0) is 22.7. The predicted molar refractivity (Wildman–Crippen MR) is 120 cm³/mol. The van der Waals surface area contributed by atoms with Gasteiger partial charge in [-0.05, 0) is 35.9 Å². The second-order valence-corrected chi connectivity index (χ2v) is 7.59. The van der Waals surface area contributed by atoms with Crippen LogP contribution in [0.25, 0.3) is 10.9 Å². The Hall–Kier alpha value is -3.62. The Kier molecular flexibility index (Phi) is 6.25. The van der Waals surface area contributed by atoms with Gasteiger partial charge in [0.05, 0.1) is 28.4 Å². The number of aromatic hydroxyl groups is 1. The molecular formula is C22H16Cl2N4O4. The molecule has 0 aliphatic heterocycles. The number of para-hydroxylation sites is 1. The van der Waals surface area contributed by atoms with E-state index in [0.29, 0.717) is 27.5 Å². The highest BCUT2D eigenvalue weighted by atomic mass is 35.5. The molecule has 10 heteroatoms. The second-order valence-electron chi connectivity index (χ2n) is 6.78. The fourth-order valence-corrected chi connectivity index (χ4v) is 3.46. The van der Waals surface area contributed by atoms with Gasteiger partial charge in [-0.15, -0.1) is 10.2 Å². The van der Waals surface area contributed by atoms with Crippen molar-refractivity contribution in [2.24, 2.45) is 10.2 Å². The monoisotopic (exact) mass is 470 g/mol. The molecule has 4 rings (SSSR count). The van der Waals surface area contributed by atoms with E-state index in [1.54, 1.807) is 41.0 Å². The molecule has 0 unspecified atom stereocenters. The van der Waals surface area contributed by atoms with Gasteiger partial charge in [-0.2, -0.15) is 0 Å². The molecule has 0 aliphatic carbocycles. The van der Waals surface area contributed by atoms with Crippen LogP contribution in [-0.4, -0.2) is 28.0 Å². The Bertz CT molecular complexity index is 1330. The first-order valence-electron chi connectivity index (χ1n) is 9.44. The summed E-state index contributed by atoms with van der Waals surface area (Å²) in [6, 6.07) is 15.4. The summed E-state index contributed by atoms with van der Waals surface area (Å²) in [5.41, 5.74) is 1.66. The van der Waals surface area contributed by atoms with Gasteiger partial charge >= 0.3 is 0 Å². The molecule has 0 atom stereocenters. The van der Waals surface area contributed by atoms with E-state index < -0.39 is 11.8 Å². The SMILES string of the molecule is O=C(CNC(=O)c1ccco1)N=Nc1c(O)n(Cc2ccc(Cl)c(Cl)c2)c2ccccc12. The average Bonchev–Trinajstić information content (AvgIpc) is 3.41. The number of carbonyl (C=O) groups excluding carboxylic acids is 2. The Morgan fingerprint density at radius 3 is 2.62 bits per heavy atom. The average molecular weight is 471 g/mol. The second kappa shape index (κ2) is 9.25.